The second kappa shape index (κ2) is 8.76. The van der Waals surface area contributed by atoms with Gasteiger partial charge in [0, 0.05) is 31.4 Å². The van der Waals surface area contributed by atoms with E-state index in [9.17, 15) is 27.6 Å². The number of cyclic esters (lactones) is 1. The smallest absolute Gasteiger partial charge is 0.422 e. The maximum Gasteiger partial charge on any atom is 0.422 e. The van der Waals surface area contributed by atoms with Gasteiger partial charge in [-0.3, -0.25) is 9.69 Å². The summed E-state index contributed by atoms with van der Waals surface area (Å²) in [4.78, 5) is 43.1. The molecule has 1 aromatic heterocycles. The fraction of sp³-hybridized carbons (Fsp3) is 0.556. The molecule has 2 amide bonds. The fourth-order valence-corrected chi connectivity index (χ4v) is 3.43. The number of aromatic nitrogens is 1. The zero-order valence-electron chi connectivity index (χ0n) is 16.1. The number of methoxy groups -OCH3 is 1. The van der Waals surface area contributed by atoms with E-state index < -0.39 is 30.9 Å². The standard InChI is InChI=1S/C18H20F3N3O6/c1-28-16(26)13-9-29-17(27)24(13)12-4-6-23(7-5-12)15(25)11-2-3-14(22-8-11)30-10-18(19,20)21/h2-3,8,12-13H,4-7,9-10H2,1H3. The number of carbonyl (C=O) groups is 3. The third-order valence-corrected chi connectivity index (χ3v) is 4.90. The minimum Gasteiger partial charge on any atom is -0.468 e. The lowest BCUT2D eigenvalue weighted by Crippen LogP contribution is -2.52. The first-order valence-electron chi connectivity index (χ1n) is 9.17. The molecule has 0 saturated carbocycles. The number of hydrogen-bond donors (Lipinski definition) is 0. The number of esters is 1. The summed E-state index contributed by atoms with van der Waals surface area (Å²) in [6, 6.07) is 1.47. The lowest BCUT2D eigenvalue weighted by Gasteiger charge is -2.37. The Labute approximate surface area is 169 Å². The maximum atomic E-state index is 12.6. The first-order chi connectivity index (χ1) is 14.2. The van der Waals surface area contributed by atoms with E-state index >= 15 is 0 Å². The molecule has 164 valence electrons. The van der Waals surface area contributed by atoms with Gasteiger partial charge >= 0.3 is 18.2 Å². The number of alkyl halides is 3. The Morgan fingerprint density at radius 3 is 2.53 bits per heavy atom. The van der Waals surface area contributed by atoms with Gasteiger partial charge in [0.1, 0.15) is 6.61 Å². The van der Waals surface area contributed by atoms with Crippen LogP contribution in [0.1, 0.15) is 23.2 Å². The molecular formula is C18H20F3N3O6. The van der Waals surface area contributed by atoms with Crippen molar-refractivity contribution < 1.29 is 41.8 Å². The molecule has 1 unspecified atom stereocenters. The van der Waals surface area contributed by atoms with Crippen LogP contribution in [0, 0.1) is 0 Å². The summed E-state index contributed by atoms with van der Waals surface area (Å²) in [6.07, 6.45) is -3.03. The van der Waals surface area contributed by atoms with Crippen molar-refractivity contribution >= 4 is 18.0 Å². The minimum absolute atomic E-state index is 0.0704. The summed E-state index contributed by atoms with van der Waals surface area (Å²) in [5.74, 6) is -1.13. The normalized spacial score (nSPS) is 20.1. The number of pyridine rings is 1. The first-order valence-corrected chi connectivity index (χ1v) is 9.17. The lowest BCUT2D eigenvalue weighted by molar-refractivity contribution is -0.154. The third kappa shape index (κ3) is 4.92. The van der Waals surface area contributed by atoms with Crippen molar-refractivity contribution in [2.75, 3.05) is 33.4 Å². The van der Waals surface area contributed by atoms with E-state index in [1.807, 2.05) is 0 Å². The Hall–Kier alpha value is -3.05. The number of amides is 2. The maximum absolute atomic E-state index is 12.6. The topological polar surface area (TPSA) is 98.3 Å². The molecule has 1 atom stereocenters. The molecule has 2 aliphatic heterocycles. The monoisotopic (exact) mass is 431 g/mol. The molecule has 0 radical (unpaired) electrons. The van der Waals surface area contributed by atoms with E-state index in [0.717, 1.165) is 6.20 Å². The molecule has 1 aromatic rings. The lowest BCUT2D eigenvalue weighted by atomic mass is 10.0. The van der Waals surface area contributed by atoms with E-state index in [1.165, 1.54) is 24.1 Å². The van der Waals surface area contributed by atoms with Gasteiger partial charge in [-0.25, -0.2) is 14.6 Å². The van der Waals surface area contributed by atoms with Crippen molar-refractivity contribution in [1.29, 1.82) is 0 Å². The number of nitrogens with zero attached hydrogens (tertiary/aromatic N) is 3. The molecule has 3 heterocycles. The van der Waals surface area contributed by atoms with Crippen molar-refractivity contribution in [3.8, 4) is 5.88 Å². The largest absolute Gasteiger partial charge is 0.468 e. The minimum atomic E-state index is -4.48. The van der Waals surface area contributed by atoms with Crippen LogP contribution in [0.2, 0.25) is 0 Å². The number of piperidine rings is 1. The molecule has 9 nitrogen and oxygen atoms in total. The highest BCUT2D eigenvalue weighted by molar-refractivity contribution is 5.94. The van der Waals surface area contributed by atoms with Crippen LogP contribution in [0.15, 0.2) is 18.3 Å². The summed E-state index contributed by atoms with van der Waals surface area (Å²) in [6.45, 7) is -0.883. The van der Waals surface area contributed by atoms with Gasteiger partial charge in [-0.15, -0.1) is 0 Å². The van der Waals surface area contributed by atoms with Gasteiger partial charge in [-0.2, -0.15) is 13.2 Å². The van der Waals surface area contributed by atoms with E-state index in [2.05, 4.69) is 9.72 Å². The van der Waals surface area contributed by atoms with Crippen LogP contribution in [0.25, 0.3) is 0 Å². The van der Waals surface area contributed by atoms with Crippen LogP contribution in [0.5, 0.6) is 5.88 Å². The summed E-state index contributed by atoms with van der Waals surface area (Å²) in [5.41, 5.74) is 0.209. The van der Waals surface area contributed by atoms with Gasteiger partial charge in [0.25, 0.3) is 5.91 Å². The predicted octanol–water partition coefficient (Wildman–Crippen LogP) is 1.62. The summed E-state index contributed by atoms with van der Waals surface area (Å²) >= 11 is 0. The van der Waals surface area contributed by atoms with E-state index in [4.69, 9.17) is 9.47 Å². The summed E-state index contributed by atoms with van der Waals surface area (Å²) in [5, 5.41) is 0. The van der Waals surface area contributed by atoms with Gasteiger partial charge in [-0.1, -0.05) is 0 Å². The Morgan fingerprint density at radius 2 is 1.97 bits per heavy atom. The van der Waals surface area contributed by atoms with Gasteiger partial charge in [0.2, 0.25) is 5.88 Å². The molecule has 3 rings (SSSR count). The average Bonchev–Trinajstić information content (AvgIpc) is 3.12. The molecule has 2 fully saturated rings. The van der Waals surface area contributed by atoms with Gasteiger partial charge in [-0.05, 0) is 18.9 Å². The van der Waals surface area contributed by atoms with Crippen molar-refractivity contribution in [2.24, 2.45) is 0 Å². The number of carbonyl (C=O) groups excluding carboxylic acids is 3. The molecule has 0 aromatic carbocycles. The number of ether oxygens (including phenoxy) is 3. The van der Waals surface area contributed by atoms with Crippen LogP contribution < -0.4 is 4.74 Å². The van der Waals surface area contributed by atoms with E-state index in [1.54, 1.807) is 4.90 Å². The first kappa shape index (κ1) is 21.7. The number of hydrogen-bond acceptors (Lipinski definition) is 7. The van der Waals surface area contributed by atoms with Crippen LogP contribution in [-0.2, 0) is 14.3 Å². The quantitative estimate of drug-likeness (QED) is 0.654. The van der Waals surface area contributed by atoms with Crippen molar-refractivity contribution in [3.05, 3.63) is 23.9 Å². The number of rotatable bonds is 5. The van der Waals surface area contributed by atoms with Crippen LogP contribution in [-0.4, -0.2) is 84.4 Å². The SMILES string of the molecule is COC(=O)C1COC(=O)N1C1CCN(C(=O)c2ccc(OCC(F)(F)F)nc2)CC1. The summed E-state index contributed by atoms with van der Waals surface area (Å²) in [7, 11) is 1.23. The molecule has 2 aliphatic rings. The van der Waals surface area contributed by atoms with E-state index in [0.29, 0.717) is 25.9 Å². The molecule has 2 saturated heterocycles. The molecule has 0 N–H and O–H groups in total. The molecule has 0 spiro atoms. The van der Waals surface area contributed by atoms with Crippen molar-refractivity contribution in [3.63, 3.8) is 0 Å². The molecule has 0 aliphatic carbocycles. The molecule has 30 heavy (non-hydrogen) atoms. The second-order valence-electron chi connectivity index (χ2n) is 6.84. The van der Waals surface area contributed by atoms with Crippen LogP contribution >= 0.6 is 0 Å². The highest BCUT2D eigenvalue weighted by atomic mass is 19.4. The zero-order valence-corrected chi connectivity index (χ0v) is 16.1. The van der Waals surface area contributed by atoms with Gasteiger partial charge in [0.15, 0.2) is 12.6 Å². The number of likely N-dealkylation sites (tertiary alicyclic amines) is 1. The summed E-state index contributed by atoms with van der Waals surface area (Å²) < 4.78 is 50.7. The highest BCUT2D eigenvalue weighted by Gasteiger charge is 2.44. The third-order valence-electron chi connectivity index (χ3n) is 4.90. The predicted molar refractivity (Wildman–Crippen MR) is 93.7 cm³/mol. The number of halogens is 3. The fourth-order valence-electron chi connectivity index (χ4n) is 3.43. The van der Waals surface area contributed by atoms with Gasteiger partial charge < -0.3 is 19.1 Å². The average molecular weight is 431 g/mol. The second-order valence-corrected chi connectivity index (χ2v) is 6.84. The molecule has 0 bridgehead atoms. The molecule has 12 heteroatoms. The van der Waals surface area contributed by atoms with Crippen LogP contribution in [0.3, 0.4) is 0 Å². The Bertz CT molecular complexity index is 793. The van der Waals surface area contributed by atoms with Crippen molar-refractivity contribution in [1.82, 2.24) is 14.8 Å². The van der Waals surface area contributed by atoms with Crippen molar-refractivity contribution in [2.45, 2.75) is 31.1 Å². The molecular weight excluding hydrogens is 411 g/mol. The van der Waals surface area contributed by atoms with Gasteiger partial charge in [0.05, 0.1) is 12.7 Å². The zero-order chi connectivity index (χ0) is 21.9. The van der Waals surface area contributed by atoms with Crippen LogP contribution in [0.4, 0.5) is 18.0 Å². The highest BCUT2D eigenvalue weighted by Crippen LogP contribution is 2.25. The Morgan fingerprint density at radius 1 is 1.27 bits per heavy atom. The Balaban J connectivity index is 1.56. The Kier molecular flexibility index (Phi) is 6.32. The van der Waals surface area contributed by atoms with E-state index in [-0.39, 0.29) is 30.0 Å².